The number of aryl methyl sites for hydroxylation is 1. The minimum Gasteiger partial charge on any atom is -0.371 e. The fourth-order valence-corrected chi connectivity index (χ4v) is 4.91. The molecule has 4 rings (SSSR count). The van der Waals surface area contributed by atoms with Crippen LogP contribution in [-0.4, -0.2) is 55.5 Å². The topological polar surface area (TPSA) is 68.2 Å². The number of carbonyl (C=O) groups excluding carboxylic acids is 1. The van der Waals surface area contributed by atoms with Gasteiger partial charge in [-0.15, -0.1) is 11.8 Å². The Morgan fingerprint density at radius 3 is 2.88 bits per heavy atom. The number of rotatable bonds is 4. The Morgan fingerprint density at radius 2 is 2.12 bits per heavy atom. The number of pyridine rings is 1. The lowest BCUT2D eigenvalue weighted by molar-refractivity contribution is 0.0240. The lowest BCUT2D eigenvalue weighted by Crippen LogP contribution is -2.61. The van der Waals surface area contributed by atoms with Crippen molar-refractivity contribution in [2.24, 2.45) is 0 Å². The molecule has 7 heteroatoms. The highest BCUT2D eigenvalue weighted by molar-refractivity contribution is 8.01. The highest BCUT2D eigenvalue weighted by Crippen LogP contribution is 2.46. The van der Waals surface area contributed by atoms with Crippen LogP contribution in [0.1, 0.15) is 28.4 Å². The van der Waals surface area contributed by atoms with E-state index in [0.717, 1.165) is 36.7 Å². The Balaban J connectivity index is 1.28. The summed E-state index contributed by atoms with van der Waals surface area (Å²) in [5, 5.41) is 0. The van der Waals surface area contributed by atoms with Gasteiger partial charge in [0.1, 0.15) is 0 Å². The summed E-state index contributed by atoms with van der Waals surface area (Å²) in [5.41, 5.74) is 1.98. The van der Waals surface area contributed by atoms with Gasteiger partial charge in [-0.2, -0.15) is 0 Å². The average Bonchev–Trinajstić information content (AvgIpc) is 3.04. The average molecular weight is 356 g/mol. The molecule has 1 unspecified atom stereocenters. The first-order chi connectivity index (χ1) is 12.1. The van der Waals surface area contributed by atoms with Crippen LogP contribution in [0.25, 0.3) is 0 Å². The summed E-state index contributed by atoms with van der Waals surface area (Å²) in [6.07, 6.45) is 4.40. The third-order valence-electron chi connectivity index (χ3n) is 4.59. The van der Waals surface area contributed by atoms with E-state index in [0.29, 0.717) is 6.61 Å². The predicted molar refractivity (Wildman–Crippen MR) is 95.3 cm³/mol. The van der Waals surface area contributed by atoms with Gasteiger partial charge in [-0.05, 0) is 31.5 Å². The van der Waals surface area contributed by atoms with Gasteiger partial charge in [0.15, 0.2) is 0 Å². The summed E-state index contributed by atoms with van der Waals surface area (Å²) < 4.78 is 6.18. The number of thioether (sulfide) groups is 1. The predicted octanol–water partition coefficient (Wildman–Crippen LogP) is 2.10. The van der Waals surface area contributed by atoms with E-state index in [1.165, 1.54) is 0 Å². The number of ether oxygens (including phenoxy) is 1. The van der Waals surface area contributed by atoms with Crippen molar-refractivity contribution in [2.75, 3.05) is 18.8 Å². The maximum absolute atomic E-state index is 12.3. The van der Waals surface area contributed by atoms with Gasteiger partial charge in [0, 0.05) is 36.9 Å². The second-order valence-electron chi connectivity index (χ2n) is 6.64. The summed E-state index contributed by atoms with van der Waals surface area (Å²) in [6.45, 7) is 4.03. The van der Waals surface area contributed by atoms with Gasteiger partial charge in [-0.25, -0.2) is 9.97 Å². The molecule has 2 aromatic heterocycles. The number of carbonyl (C=O) groups is 1. The van der Waals surface area contributed by atoms with E-state index in [1.54, 1.807) is 18.5 Å². The van der Waals surface area contributed by atoms with Crippen molar-refractivity contribution in [2.45, 2.75) is 30.8 Å². The second kappa shape index (κ2) is 6.72. The van der Waals surface area contributed by atoms with Crippen LogP contribution in [0.4, 0.5) is 0 Å². The van der Waals surface area contributed by atoms with Crippen molar-refractivity contribution in [1.29, 1.82) is 0 Å². The van der Waals surface area contributed by atoms with E-state index in [9.17, 15) is 4.79 Å². The van der Waals surface area contributed by atoms with Gasteiger partial charge >= 0.3 is 0 Å². The lowest BCUT2D eigenvalue weighted by atomic mass is 9.93. The Bertz CT molecular complexity index is 765. The summed E-state index contributed by atoms with van der Waals surface area (Å²) in [6, 6.07) is 7.70. The van der Waals surface area contributed by atoms with Crippen LogP contribution in [0.5, 0.6) is 0 Å². The number of hydrogen-bond acceptors (Lipinski definition) is 6. The van der Waals surface area contributed by atoms with Crippen molar-refractivity contribution in [3.63, 3.8) is 0 Å². The monoisotopic (exact) mass is 356 g/mol. The summed E-state index contributed by atoms with van der Waals surface area (Å²) in [5.74, 6) is 1.16. The van der Waals surface area contributed by atoms with Crippen molar-refractivity contribution < 1.29 is 9.53 Å². The van der Waals surface area contributed by atoms with Crippen molar-refractivity contribution >= 4 is 17.7 Å². The largest absolute Gasteiger partial charge is 0.371 e. The first kappa shape index (κ1) is 16.5. The van der Waals surface area contributed by atoms with Gasteiger partial charge in [-0.3, -0.25) is 9.78 Å². The molecule has 1 atom stereocenters. The molecule has 130 valence electrons. The van der Waals surface area contributed by atoms with Crippen LogP contribution >= 0.6 is 11.8 Å². The maximum atomic E-state index is 12.3. The van der Waals surface area contributed by atoms with E-state index < -0.39 is 0 Å². The van der Waals surface area contributed by atoms with Crippen LogP contribution in [0, 0.1) is 6.92 Å². The van der Waals surface area contributed by atoms with Gasteiger partial charge in [0.25, 0.3) is 5.91 Å². The van der Waals surface area contributed by atoms with Gasteiger partial charge < -0.3 is 9.64 Å². The molecular weight excluding hydrogens is 336 g/mol. The van der Waals surface area contributed by atoms with Gasteiger partial charge in [0.2, 0.25) is 5.82 Å². The van der Waals surface area contributed by atoms with Crippen molar-refractivity contribution in [3.8, 4) is 0 Å². The zero-order valence-electron chi connectivity index (χ0n) is 14.1. The Morgan fingerprint density at radius 1 is 1.32 bits per heavy atom. The second-order valence-corrected chi connectivity index (χ2v) is 8.12. The quantitative estimate of drug-likeness (QED) is 0.836. The first-order valence-corrected chi connectivity index (χ1v) is 9.37. The van der Waals surface area contributed by atoms with Gasteiger partial charge in [0.05, 0.1) is 23.2 Å². The normalized spacial score (nSPS) is 21.3. The Labute approximate surface area is 151 Å². The Hall–Kier alpha value is -1.99. The summed E-state index contributed by atoms with van der Waals surface area (Å²) in [4.78, 5) is 26.7. The number of likely N-dealkylation sites (tertiary alicyclic amines) is 1. The van der Waals surface area contributed by atoms with Crippen LogP contribution in [0.15, 0.2) is 36.7 Å². The van der Waals surface area contributed by atoms with Gasteiger partial charge in [-0.1, -0.05) is 6.07 Å². The molecule has 4 heterocycles. The van der Waals surface area contributed by atoms with Crippen molar-refractivity contribution in [3.05, 3.63) is 53.9 Å². The Kier molecular flexibility index (Phi) is 4.43. The molecule has 0 aliphatic carbocycles. The zero-order chi connectivity index (χ0) is 17.3. The molecule has 1 spiro atoms. The first-order valence-electron chi connectivity index (χ1n) is 8.38. The van der Waals surface area contributed by atoms with Crippen LogP contribution in [0.2, 0.25) is 0 Å². The molecule has 2 saturated heterocycles. The highest BCUT2D eigenvalue weighted by Gasteiger charge is 2.51. The molecule has 2 aliphatic rings. The SMILES string of the molecule is Cc1cccc(COC2CSC3(C2)CN(C(=O)c2ncccn2)C3)n1. The van der Waals surface area contributed by atoms with E-state index in [4.69, 9.17) is 4.74 Å². The molecule has 0 bridgehead atoms. The van der Waals surface area contributed by atoms with E-state index in [2.05, 4.69) is 15.0 Å². The minimum atomic E-state index is -0.0832. The van der Waals surface area contributed by atoms with Crippen LogP contribution in [0.3, 0.4) is 0 Å². The molecule has 25 heavy (non-hydrogen) atoms. The fourth-order valence-electron chi connectivity index (χ4n) is 3.36. The smallest absolute Gasteiger partial charge is 0.291 e. The maximum Gasteiger partial charge on any atom is 0.291 e. The number of amides is 1. The third-order valence-corrected chi connectivity index (χ3v) is 6.17. The van der Waals surface area contributed by atoms with E-state index >= 15 is 0 Å². The molecule has 2 aromatic rings. The highest BCUT2D eigenvalue weighted by atomic mass is 32.2. The molecule has 0 saturated carbocycles. The number of nitrogens with zero attached hydrogens (tertiary/aromatic N) is 4. The molecule has 1 amide bonds. The summed E-state index contributed by atoms with van der Waals surface area (Å²) >= 11 is 1.91. The molecule has 2 fully saturated rings. The minimum absolute atomic E-state index is 0.0832. The van der Waals surface area contributed by atoms with E-state index in [-0.39, 0.29) is 22.6 Å². The molecule has 0 aromatic carbocycles. The standard InChI is InChI=1S/C18H20N4O2S/c1-13-4-2-5-14(21-13)9-24-15-8-18(25-10-15)11-22(12-18)17(23)16-19-6-3-7-20-16/h2-7,15H,8-12H2,1H3. The van der Waals surface area contributed by atoms with E-state index in [1.807, 2.05) is 41.8 Å². The van der Waals surface area contributed by atoms with Crippen LogP contribution in [-0.2, 0) is 11.3 Å². The summed E-state index contributed by atoms with van der Waals surface area (Å²) in [7, 11) is 0. The molecular formula is C18H20N4O2S. The number of aromatic nitrogens is 3. The molecule has 0 N–H and O–H groups in total. The molecule has 2 aliphatic heterocycles. The molecule has 6 nitrogen and oxygen atoms in total. The zero-order valence-corrected chi connectivity index (χ0v) is 14.9. The third kappa shape index (κ3) is 3.52. The van der Waals surface area contributed by atoms with Crippen molar-refractivity contribution in [1.82, 2.24) is 19.9 Å². The lowest BCUT2D eigenvalue weighted by Gasteiger charge is -2.47. The fraction of sp³-hybridized carbons (Fsp3) is 0.444. The molecule has 0 radical (unpaired) electrons. The number of hydrogen-bond donors (Lipinski definition) is 0. The van der Waals surface area contributed by atoms with Crippen LogP contribution < -0.4 is 0 Å².